The predicted octanol–water partition coefficient (Wildman–Crippen LogP) is 1.51. The summed E-state index contributed by atoms with van der Waals surface area (Å²) < 4.78 is 0. The van der Waals surface area contributed by atoms with Crippen molar-refractivity contribution in [1.82, 2.24) is 15.3 Å². The van der Waals surface area contributed by atoms with Gasteiger partial charge in [0.2, 0.25) is 5.91 Å². The van der Waals surface area contributed by atoms with Crippen LogP contribution in [0.3, 0.4) is 0 Å². The van der Waals surface area contributed by atoms with Crippen LogP contribution in [0.5, 0.6) is 0 Å². The zero-order valence-corrected chi connectivity index (χ0v) is 12.8. The molecule has 0 aromatic carbocycles. The molecule has 1 rings (SSSR count). The maximum atomic E-state index is 11.8. The van der Waals surface area contributed by atoms with Crippen LogP contribution in [0.15, 0.2) is 12.4 Å². The number of likely N-dealkylation sites (N-methyl/N-ethyl adjacent to an activating group) is 1. The number of carbonyl (C=O) groups excluding carboxylic acids is 1. The Kier molecular flexibility index (Phi) is 6.76. The number of amides is 1. The Labute approximate surface area is 121 Å². The minimum atomic E-state index is 0.00267. The topological polar surface area (TPSA) is 70.2 Å². The Hall–Kier alpha value is -1.85. The van der Waals surface area contributed by atoms with Crippen LogP contribution in [0.1, 0.15) is 27.2 Å². The van der Waals surface area contributed by atoms with Crippen molar-refractivity contribution in [2.24, 2.45) is 5.92 Å². The number of carbonyl (C=O) groups is 1. The fourth-order valence-corrected chi connectivity index (χ4v) is 1.58. The summed E-state index contributed by atoms with van der Waals surface area (Å²) in [5, 5.41) is 6.10. The molecular formula is C14H25N5O. The average molecular weight is 279 g/mol. The van der Waals surface area contributed by atoms with Crippen LogP contribution >= 0.6 is 0 Å². The number of aromatic nitrogens is 2. The van der Waals surface area contributed by atoms with Crippen LogP contribution in [0.2, 0.25) is 0 Å². The minimum Gasteiger partial charge on any atom is -0.370 e. The summed E-state index contributed by atoms with van der Waals surface area (Å²) >= 11 is 0. The third kappa shape index (κ3) is 5.86. The van der Waals surface area contributed by atoms with E-state index in [1.165, 1.54) is 6.33 Å². The minimum absolute atomic E-state index is 0.00267. The highest BCUT2D eigenvalue weighted by Crippen LogP contribution is 2.12. The van der Waals surface area contributed by atoms with Gasteiger partial charge in [0.15, 0.2) is 0 Å². The molecule has 112 valence electrons. The molecule has 6 nitrogen and oxygen atoms in total. The van der Waals surface area contributed by atoms with Crippen LogP contribution in [-0.4, -0.2) is 42.6 Å². The van der Waals surface area contributed by atoms with Crippen LogP contribution in [0.25, 0.3) is 0 Å². The Morgan fingerprint density at radius 2 is 2.15 bits per heavy atom. The lowest BCUT2D eigenvalue weighted by Crippen LogP contribution is -2.37. The van der Waals surface area contributed by atoms with E-state index in [4.69, 9.17) is 0 Å². The smallest absolute Gasteiger partial charge is 0.239 e. The normalized spacial score (nSPS) is 10.4. The highest BCUT2D eigenvalue weighted by atomic mass is 16.2. The molecule has 1 aromatic heterocycles. The van der Waals surface area contributed by atoms with E-state index in [2.05, 4.69) is 41.4 Å². The van der Waals surface area contributed by atoms with Gasteiger partial charge in [0.1, 0.15) is 18.0 Å². The molecule has 0 spiro atoms. The molecular weight excluding hydrogens is 254 g/mol. The molecule has 6 heteroatoms. The number of nitrogens with one attached hydrogen (secondary N) is 2. The number of hydrogen-bond donors (Lipinski definition) is 2. The van der Waals surface area contributed by atoms with E-state index in [-0.39, 0.29) is 12.5 Å². The maximum absolute atomic E-state index is 11.8. The Morgan fingerprint density at radius 1 is 1.40 bits per heavy atom. The van der Waals surface area contributed by atoms with Crippen molar-refractivity contribution in [3.05, 3.63) is 12.4 Å². The van der Waals surface area contributed by atoms with Crippen molar-refractivity contribution < 1.29 is 4.79 Å². The highest BCUT2D eigenvalue weighted by Gasteiger charge is 2.09. The first-order chi connectivity index (χ1) is 9.52. The van der Waals surface area contributed by atoms with Crippen molar-refractivity contribution in [3.63, 3.8) is 0 Å². The summed E-state index contributed by atoms with van der Waals surface area (Å²) in [6.45, 7) is 8.09. The molecule has 1 aromatic rings. The molecule has 0 aliphatic carbocycles. The van der Waals surface area contributed by atoms with E-state index < -0.39 is 0 Å². The second-order valence-corrected chi connectivity index (χ2v) is 5.24. The highest BCUT2D eigenvalue weighted by molar-refractivity contribution is 5.80. The van der Waals surface area contributed by atoms with Crippen molar-refractivity contribution in [1.29, 1.82) is 0 Å². The van der Waals surface area contributed by atoms with Crippen molar-refractivity contribution in [3.8, 4) is 0 Å². The van der Waals surface area contributed by atoms with Gasteiger partial charge in [0.05, 0.1) is 6.54 Å². The molecule has 0 unspecified atom stereocenters. The second kappa shape index (κ2) is 8.35. The quantitative estimate of drug-likeness (QED) is 0.755. The lowest BCUT2D eigenvalue weighted by molar-refractivity contribution is -0.119. The first kappa shape index (κ1) is 16.2. The Bertz CT molecular complexity index is 422. The molecule has 0 bridgehead atoms. The second-order valence-electron chi connectivity index (χ2n) is 5.24. The summed E-state index contributed by atoms with van der Waals surface area (Å²) in [7, 11) is 1.85. The summed E-state index contributed by atoms with van der Waals surface area (Å²) in [6.07, 6.45) is 2.54. The molecule has 0 saturated heterocycles. The Morgan fingerprint density at radius 3 is 2.80 bits per heavy atom. The van der Waals surface area contributed by atoms with Crippen molar-refractivity contribution in [2.75, 3.05) is 36.9 Å². The summed E-state index contributed by atoms with van der Waals surface area (Å²) in [4.78, 5) is 21.9. The number of rotatable bonds is 8. The maximum Gasteiger partial charge on any atom is 0.239 e. The molecule has 0 fully saturated rings. The molecule has 0 atom stereocenters. The zero-order chi connectivity index (χ0) is 15.0. The molecule has 1 heterocycles. The molecule has 1 amide bonds. The van der Waals surface area contributed by atoms with E-state index in [1.54, 1.807) is 0 Å². The largest absolute Gasteiger partial charge is 0.370 e. The average Bonchev–Trinajstić information content (AvgIpc) is 2.43. The first-order valence-corrected chi connectivity index (χ1v) is 7.06. The molecule has 0 saturated carbocycles. The number of nitrogens with zero attached hydrogens (tertiary/aromatic N) is 3. The van der Waals surface area contributed by atoms with Crippen LogP contribution in [-0.2, 0) is 4.79 Å². The van der Waals surface area contributed by atoms with Crippen molar-refractivity contribution >= 4 is 17.5 Å². The van der Waals surface area contributed by atoms with Gasteiger partial charge in [-0.1, -0.05) is 20.8 Å². The van der Waals surface area contributed by atoms with Crippen LogP contribution < -0.4 is 15.5 Å². The van der Waals surface area contributed by atoms with Gasteiger partial charge >= 0.3 is 0 Å². The monoisotopic (exact) mass is 279 g/mol. The number of hydrogen-bond acceptors (Lipinski definition) is 5. The third-order valence-corrected chi connectivity index (χ3v) is 2.69. The molecule has 20 heavy (non-hydrogen) atoms. The predicted molar refractivity (Wildman–Crippen MR) is 81.9 cm³/mol. The fraction of sp³-hybridized carbons (Fsp3) is 0.643. The molecule has 0 aliphatic rings. The van der Waals surface area contributed by atoms with E-state index in [0.717, 1.165) is 24.6 Å². The lowest BCUT2D eigenvalue weighted by Gasteiger charge is -2.18. The Balaban J connectivity index is 2.53. The molecule has 0 radical (unpaired) electrons. The summed E-state index contributed by atoms with van der Waals surface area (Å²) in [6, 6.07) is 1.85. The van der Waals surface area contributed by atoms with E-state index >= 15 is 0 Å². The van der Waals surface area contributed by atoms with Gasteiger partial charge in [-0.25, -0.2) is 9.97 Å². The van der Waals surface area contributed by atoms with E-state index in [1.807, 2.05) is 18.0 Å². The van der Waals surface area contributed by atoms with Gasteiger partial charge in [-0.15, -0.1) is 0 Å². The first-order valence-electron chi connectivity index (χ1n) is 7.06. The summed E-state index contributed by atoms with van der Waals surface area (Å²) in [5.74, 6) is 1.97. The zero-order valence-electron chi connectivity index (χ0n) is 12.8. The van der Waals surface area contributed by atoms with Gasteiger partial charge in [0, 0.05) is 26.2 Å². The van der Waals surface area contributed by atoms with Gasteiger partial charge in [-0.2, -0.15) is 0 Å². The third-order valence-electron chi connectivity index (χ3n) is 2.69. The standard InChI is InChI=1S/C14H25N5O/c1-5-6-15-12-7-13(18-10-17-12)19(4)9-14(20)16-8-11(2)3/h7,10-11H,5-6,8-9H2,1-4H3,(H,16,20)(H,15,17,18). The SMILES string of the molecule is CCCNc1cc(N(C)CC(=O)NCC(C)C)ncn1. The van der Waals surface area contributed by atoms with Crippen molar-refractivity contribution in [2.45, 2.75) is 27.2 Å². The van der Waals surface area contributed by atoms with Gasteiger partial charge in [-0.05, 0) is 12.3 Å². The number of anilines is 2. The van der Waals surface area contributed by atoms with Gasteiger partial charge < -0.3 is 15.5 Å². The summed E-state index contributed by atoms with van der Waals surface area (Å²) in [5.41, 5.74) is 0. The molecule has 0 aliphatic heterocycles. The van der Waals surface area contributed by atoms with E-state index in [0.29, 0.717) is 12.5 Å². The van der Waals surface area contributed by atoms with Crippen LogP contribution in [0.4, 0.5) is 11.6 Å². The lowest BCUT2D eigenvalue weighted by atomic mass is 10.2. The van der Waals surface area contributed by atoms with Gasteiger partial charge in [-0.3, -0.25) is 4.79 Å². The molecule has 2 N–H and O–H groups in total. The van der Waals surface area contributed by atoms with E-state index in [9.17, 15) is 4.79 Å². The fourth-order valence-electron chi connectivity index (χ4n) is 1.58. The van der Waals surface area contributed by atoms with Crippen LogP contribution in [0, 0.1) is 5.92 Å². The van der Waals surface area contributed by atoms with Gasteiger partial charge in [0.25, 0.3) is 0 Å².